The average molecular weight is 275 g/mol. The van der Waals surface area contributed by atoms with Gasteiger partial charge in [0.2, 0.25) is 0 Å². The number of halogens is 2. The van der Waals surface area contributed by atoms with Crippen LogP contribution in [0, 0.1) is 5.92 Å². The van der Waals surface area contributed by atoms with Crippen molar-refractivity contribution in [3.63, 3.8) is 0 Å². The fraction of sp³-hybridized carbons (Fsp3) is 0.538. The van der Waals surface area contributed by atoms with Gasteiger partial charge in [0.05, 0.1) is 0 Å². The van der Waals surface area contributed by atoms with Gasteiger partial charge in [-0.05, 0) is 37.4 Å². The topological polar surface area (TPSA) is 29.3 Å². The minimum atomic E-state index is 0. The Labute approximate surface area is 115 Å². The Morgan fingerprint density at radius 1 is 1.41 bits per heavy atom. The summed E-state index contributed by atoms with van der Waals surface area (Å²) < 4.78 is 0. The van der Waals surface area contributed by atoms with E-state index in [0.717, 1.165) is 24.0 Å². The zero-order valence-electron chi connectivity index (χ0n) is 10.1. The monoisotopic (exact) mass is 274 g/mol. The fourth-order valence-electron chi connectivity index (χ4n) is 2.23. The van der Waals surface area contributed by atoms with Crippen LogP contribution >= 0.6 is 24.0 Å². The molecule has 2 N–H and O–H groups in total. The van der Waals surface area contributed by atoms with E-state index >= 15 is 0 Å². The zero-order chi connectivity index (χ0) is 11.5. The molecular formula is C13H20Cl2N2. The van der Waals surface area contributed by atoms with E-state index in [1.165, 1.54) is 18.4 Å². The first-order valence-electron chi connectivity index (χ1n) is 5.86. The minimum absolute atomic E-state index is 0. The second-order valence-electron chi connectivity index (χ2n) is 4.65. The van der Waals surface area contributed by atoms with E-state index in [1.807, 2.05) is 18.2 Å². The van der Waals surface area contributed by atoms with Gasteiger partial charge in [-0.15, -0.1) is 12.4 Å². The standard InChI is InChI=1S/C13H19ClN2.ClH/c1-16(13(8-15)10-6-7-10)9-11-4-2-3-5-12(11)14;/h2-5,10,13H,6-9,15H2,1H3;1H. The number of nitrogens with zero attached hydrogens (tertiary/aromatic N) is 1. The third-order valence-corrected chi connectivity index (χ3v) is 3.72. The highest BCUT2D eigenvalue weighted by molar-refractivity contribution is 6.31. The second-order valence-corrected chi connectivity index (χ2v) is 5.05. The number of hydrogen-bond donors (Lipinski definition) is 1. The van der Waals surface area contributed by atoms with Crippen molar-refractivity contribution in [2.75, 3.05) is 13.6 Å². The molecule has 1 aliphatic rings. The Kier molecular flexibility index (Phi) is 5.74. The maximum atomic E-state index is 6.15. The van der Waals surface area contributed by atoms with Gasteiger partial charge in [-0.1, -0.05) is 29.8 Å². The van der Waals surface area contributed by atoms with Crippen LogP contribution in [0.2, 0.25) is 5.02 Å². The largest absolute Gasteiger partial charge is 0.329 e. The first-order valence-corrected chi connectivity index (χ1v) is 6.24. The molecule has 0 radical (unpaired) electrons. The van der Waals surface area contributed by atoms with Crippen LogP contribution in [0.25, 0.3) is 0 Å². The van der Waals surface area contributed by atoms with Gasteiger partial charge < -0.3 is 5.73 Å². The molecule has 1 aromatic carbocycles. The third-order valence-electron chi connectivity index (χ3n) is 3.35. The van der Waals surface area contributed by atoms with Gasteiger partial charge in [0, 0.05) is 24.2 Å². The van der Waals surface area contributed by atoms with Crippen molar-refractivity contribution in [2.45, 2.75) is 25.4 Å². The molecule has 0 heterocycles. The van der Waals surface area contributed by atoms with Gasteiger partial charge >= 0.3 is 0 Å². The Bertz CT molecular complexity index is 353. The highest BCUT2D eigenvalue weighted by Gasteiger charge is 2.32. The molecule has 0 amide bonds. The summed E-state index contributed by atoms with van der Waals surface area (Å²) in [6, 6.07) is 8.53. The average Bonchev–Trinajstić information content (AvgIpc) is 3.07. The van der Waals surface area contributed by atoms with Crippen LogP contribution in [0.15, 0.2) is 24.3 Å². The first-order chi connectivity index (χ1) is 7.72. The summed E-state index contributed by atoms with van der Waals surface area (Å²) in [5.74, 6) is 0.803. The van der Waals surface area contributed by atoms with E-state index in [-0.39, 0.29) is 12.4 Å². The van der Waals surface area contributed by atoms with Crippen LogP contribution in [0.5, 0.6) is 0 Å². The summed E-state index contributed by atoms with van der Waals surface area (Å²) in [5.41, 5.74) is 7.02. The van der Waals surface area contributed by atoms with Gasteiger partial charge in [-0.25, -0.2) is 0 Å². The number of benzene rings is 1. The van der Waals surface area contributed by atoms with Gasteiger partial charge in [-0.3, -0.25) is 4.90 Å². The molecular weight excluding hydrogens is 255 g/mol. The molecule has 1 atom stereocenters. The van der Waals surface area contributed by atoms with Crippen LogP contribution in [-0.4, -0.2) is 24.5 Å². The summed E-state index contributed by atoms with van der Waals surface area (Å²) in [7, 11) is 2.14. The van der Waals surface area contributed by atoms with Crippen LogP contribution in [0.4, 0.5) is 0 Å². The Hall–Kier alpha value is -0.280. The maximum absolute atomic E-state index is 6.15. The molecule has 2 nitrogen and oxygen atoms in total. The molecule has 0 saturated heterocycles. The summed E-state index contributed by atoms with van der Waals surface area (Å²) in [6.45, 7) is 1.63. The van der Waals surface area contributed by atoms with Crippen molar-refractivity contribution in [1.82, 2.24) is 4.90 Å². The fourth-order valence-corrected chi connectivity index (χ4v) is 2.42. The number of likely N-dealkylation sites (N-methyl/N-ethyl adjacent to an activating group) is 1. The summed E-state index contributed by atoms with van der Waals surface area (Å²) in [4.78, 5) is 2.33. The predicted octanol–water partition coefficient (Wildman–Crippen LogP) is 2.93. The van der Waals surface area contributed by atoms with E-state index in [0.29, 0.717) is 6.04 Å². The van der Waals surface area contributed by atoms with Crippen LogP contribution in [-0.2, 0) is 6.54 Å². The van der Waals surface area contributed by atoms with Crippen molar-refractivity contribution in [1.29, 1.82) is 0 Å². The van der Waals surface area contributed by atoms with E-state index < -0.39 is 0 Å². The molecule has 0 bridgehead atoms. The van der Waals surface area contributed by atoms with Gasteiger partial charge in [0.15, 0.2) is 0 Å². The highest BCUT2D eigenvalue weighted by Crippen LogP contribution is 2.35. The molecule has 1 aromatic rings. The van der Waals surface area contributed by atoms with Crippen LogP contribution < -0.4 is 5.73 Å². The number of hydrogen-bond acceptors (Lipinski definition) is 2. The van der Waals surface area contributed by atoms with Gasteiger partial charge in [0.1, 0.15) is 0 Å². The molecule has 17 heavy (non-hydrogen) atoms. The molecule has 1 unspecified atom stereocenters. The number of rotatable bonds is 5. The molecule has 0 spiro atoms. The molecule has 1 saturated carbocycles. The van der Waals surface area contributed by atoms with E-state index in [9.17, 15) is 0 Å². The van der Waals surface area contributed by atoms with E-state index in [2.05, 4.69) is 18.0 Å². The van der Waals surface area contributed by atoms with E-state index in [4.69, 9.17) is 17.3 Å². The Morgan fingerprint density at radius 3 is 2.59 bits per heavy atom. The molecule has 4 heteroatoms. The number of nitrogens with two attached hydrogens (primary N) is 1. The van der Waals surface area contributed by atoms with Crippen molar-refractivity contribution in [3.05, 3.63) is 34.9 Å². The van der Waals surface area contributed by atoms with Crippen molar-refractivity contribution in [2.24, 2.45) is 11.7 Å². The first kappa shape index (κ1) is 14.8. The van der Waals surface area contributed by atoms with Crippen molar-refractivity contribution >= 4 is 24.0 Å². The lowest BCUT2D eigenvalue weighted by Crippen LogP contribution is -2.39. The third kappa shape index (κ3) is 3.85. The Morgan fingerprint density at radius 2 is 2.06 bits per heavy atom. The van der Waals surface area contributed by atoms with Crippen LogP contribution in [0.1, 0.15) is 18.4 Å². The molecule has 1 fully saturated rings. The lowest BCUT2D eigenvalue weighted by atomic mass is 10.1. The normalized spacial score (nSPS) is 16.7. The van der Waals surface area contributed by atoms with Crippen molar-refractivity contribution < 1.29 is 0 Å². The second kappa shape index (κ2) is 6.60. The van der Waals surface area contributed by atoms with E-state index in [1.54, 1.807) is 0 Å². The van der Waals surface area contributed by atoms with Crippen molar-refractivity contribution in [3.8, 4) is 0 Å². The predicted molar refractivity (Wildman–Crippen MR) is 75.7 cm³/mol. The quantitative estimate of drug-likeness (QED) is 0.895. The molecule has 0 aliphatic heterocycles. The summed E-state index contributed by atoms with van der Waals surface area (Å²) in [5, 5.41) is 0.848. The smallest absolute Gasteiger partial charge is 0.0451 e. The SMILES string of the molecule is CN(Cc1ccccc1Cl)C(CN)C1CC1.Cl. The van der Waals surface area contributed by atoms with Gasteiger partial charge in [-0.2, -0.15) is 0 Å². The lowest BCUT2D eigenvalue weighted by molar-refractivity contribution is 0.215. The van der Waals surface area contributed by atoms with Crippen LogP contribution in [0.3, 0.4) is 0 Å². The maximum Gasteiger partial charge on any atom is 0.0451 e. The zero-order valence-corrected chi connectivity index (χ0v) is 11.7. The molecule has 96 valence electrons. The van der Waals surface area contributed by atoms with Gasteiger partial charge in [0.25, 0.3) is 0 Å². The molecule has 1 aliphatic carbocycles. The summed E-state index contributed by atoms with van der Waals surface area (Å²) >= 11 is 6.15. The minimum Gasteiger partial charge on any atom is -0.329 e. The molecule has 0 aromatic heterocycles. The Balaban J connectivity index is 0.00000144. The molecule has 2 rings (SSSR count). The summed E-state index contributed by atoms with van der Waals surface area (Å²) in [6.07, 6.45) is 2.66. The lowest BCUT2D eigenvalue weighted by Gasteiger charge is -2.27. The highest BCUT2D eigenvalue weighted by atomic mass is 35.5.